The van der Waals surface area contributed by atoms with Crippen molar-refractivity contribution in [1.82, 2.24) is 0 Å². The van der Waals surface area contributed by atoms with E-state index in [2.05, 4.69) is 4.36 Å². The zero-order valence-corrected chi connectivity index (χ0v) is 10.2. The van der Waals surface area contributed by atoms with Crippen LogP contribution in [0.3, 0.4) is 0 Å². The molecule has 1 atom stereocenters. The van der Waals surface area contributed by atoms with Crippen molar-refractivity contribution in [2.75, 3.05) is 6.26 Å². The van der Waals surface area contributed by atoms with E-state index in [4.69, 9.17) is 0 Å². The number of halogens is 1. The first-order chi connectivity index (χ1) is 8.09. The Hall–Kier alpha value is -1.68. The van der Waals surface area contributed by atoms with Gasteiger partial charge in [0.25, 0.3) is 0 Å². The van der Waals surface area contributed by atoms with E-state index in [1.54, 1.807) is 36.4 Å². The quantitative estimate of drug-likeness (QED) is 0.799. The van der Waals surface area contributed by atoms with Crippen LogP contribution in [0.2, 0.25) is 0 Å². The van der Waals surface area contributed by atoms with Gasteiger partial charge in [-0.15, -0.1) is 0 Å². The highest BCUT2D eigenvalue weighted by Crippen LogP contribution is 2.21. The summed E-state index contributed by atoms with van der Waals surface area (Å²) in [5.74, 6) is -0.460. The van der Waals surface area contributed by atoms with Crippen molar-refractivity contribution in [3.05, 3.63) is 60.4 Å². The molecule has 0 amide bonds. The Morgan fingerprint density at radius 3 is 2.24 bits per heavy atom. The topological polar surface area (TPSA) is 29.4 Å². The molecule has 0 heterocycles. The number of rotatable bonds is 2. The highest BCUT2D eigenvalue weighted by Gasteiger charge is 2.07. The zero-order valence-electron chi connectivity index (χ0n) is 9.34. The smallest absolute Gasteiger partial charge is 0.149 e. The Labute approximate surface area is 100 Å². The van der Waals surface area contributed by atoms with Crippen LogP contribution in [0.4, 0.5) is 10.1 Å². The lowest BCUT2D eigenvalue weighted by molar-refractivity contribution is 0.629. The maximum Gasteiger partial charge on any atom is 0.149 e. The first-order valence-corrected chi connectivity index (χ1v) is 7.04. The number of hydrogen-bond donors (Lipinski definition) is 0. The van der Waals surface area contributed by atoms with Crippen molar-refractivity contribution in [1.29, 1.82) is 0 Å². The van der Waals surface area contributed by atoms with Crippen molar-refractivity contribution in [2.45, 2.75) is 4.90 Å². The van der Waals surface area contributed by atoms with Gasteiger partial charge in [0.2, 0.25) is 0 Å². The molecule has 2 nitrogen and oxygen atoms in total. The summed E-state index contributed by atoms with van der Waals surface area (Å²) >= 11 is 0. The summed E-state index contributed by atoms with van der Waals surface area (Å²) in [4.78, 5) is 0.600. The fourth-order valence-corrected chi connectivity index (χ4v) is 2.73. The molecule has 0 fully saturated rings. The molecule has 1 unspecified atom stereocenters. The minimum atomic E-state index is -2.60. The van der Waals surface area contributed by atoms with Gasteiger partial charge in [-0.3, -0.25) is 0 Å². The number of benzene rings is 2. The molecule has 0 aliphatic heterocycles. The van der Waals surface area contributed by atoms with Crippen molar-refractivity contribution in [2.24, 2.45) is 4.36 Å². The molecule has 2 rings (SSSR count). The minimum absolute atomic E-state index is 0.129. The monoisotopic (exact) mass is 249 g/mol. The van der Waals surface area contributed by atoms with Gasteiger partial charge in [0.15, 0.2) is 0 Å². The molecule has 2 aromatic rings. The van der Waals surface area contributed by atoms with Crippen LogP contribution >= 0.6 is 0 Å². The summed E-state index contributed by atoms with van der Waals surface area (Å²) in [6, 6.07) is 14.9. The van der Waals surface area contributed by atoms with Gasteiger partial charge in [-0.05, 0) is 24.3 Å². The third kappa shape index (κ3) is 2.71. The molecule has 0 aliphatic carbocycles. The lowest BCUT2D eigenvalue weighted by atomic mass is 10.3. The Morgan fingerprint density at radius 1 is 1.00 bits per heavy atom. The molecule has 2 aromatic carbocycles. The second kappa shape index (κ2) is 4.67. The Kier molecular flexibility index (Phi) is 3.24. The van der Waals surface area contributed by atoms with Crippen molar-refractivity contribution in [3.8, 4) is 0 Å². The molecule has 4 heteroatoms. The maximum absolute atomic E-state index is 13.4. The minimum Gasteiger partial charge on any atom is -0.245 e. The van der Waals surface area contributed by atoms with E-state index in [0.29, 0.717) is 4.90 Å². The van der Waals surface area contributed by atoms with Gasteiger partial charge in [-0.1, -0.05) is 30.3 Å². The van der Waals surface area contributed by atoms with Crippen molar-refractivity contribution >= 4 is 15.4 Å². The summed E-state index contributed by atoms with van der Waals surface area (Å²) < 4.78 is 29.8. The molecular weight excluding hydrogens is 237 g/mol. The van der Waals surface area contributed by atoms with Crippen LogP contribution in [-0.2, 0) is 9.73 Å². The van der Waals surface area contributed by atoms with Gasteiger partial charge >= 0.3 is 0 Å². The normalized spacial score (nSPS) is 14.0. The average molecular weight is 249 g/mol. The summed E-state index contributed by atoms with van der Waals surface area (Å²) in [5.41, 5.74) is 0.129. The van der Waals surface area contributed by atoms with Gasteiger partial charge in [0, 0.05) is 11.2 Å². The SMILES string of the molecule is CS(=O)(=Nc1ccccc1F)c1ccccc1. The van der Waals surface area contributed by atoms with E-state index < -0.39 is 15.5 Å². The third-order valence-corrected chi connectivity index (χ3v) is 4.00. The molecule has 0 N–H and O–H groups in total. The van der Waals surface area contributed by atoms with Crippen LogP contribution in [-0.4, -0.2) is 10.5 Å². The van der Waals surface area contributed by atoms with E-state index in [-0.39, 0.29) is 5.69 Å². The van der Waals surface area contributed by atoms with Crippen LogP contribution < -0.4 is 0 Å². The fourth-order valence-electron chi connectivity index (χ4n) is 1.44. The molecule has 0 aromatic heterocycles. The number of nitrogens with zero attached hydrogens (tertiary/aromatic N) is 1. The van der Waals surface area contributed by atoms with Crippen molar-refractivity contribution < 1.29 is 8.60 Å². The molecule has 17 heavy (non-hydrogen) atoms. The first-order valence-electron chi connectivity index (χ1n) is 5.11. The van der Waals surface area contributed by atoms with E-state index >= 15 is 0 Å². The maximum atomic E-state index is 13.4. The van der Waals surface area contributed by atoms with Crippen LogP contribution in [0.15, 0.2) is 63.9 Å². The van der Waals surface area contributed by atoms with E-state index in [1.165, 1.54) is 18.4 Å². The summed E-state index contributed by atoms with van der Waals surface area (Å²) in [7, 11) is -2.60. The summed E-state index contributed by atoms with van der Waals surface area (Å²) in [6.45, 7) is 0. The third-order valence-electron chi connectivity index (χ3n) is 2.31. The Morgan fingerprint density at radius 2 is 1.59 bits per heavy atom. The van der Waals surface area contributed by atoms with Crippen LogP contribution in [0.1, 0.15) is 0 Å². The molecule has 0 saturated carbocycles. The molecular formula is C13H12FNOS. The van der Waals surface area contributed by atoms with Gasteiger partial charge in [0.1, 0.15) is 11.5 Å². The zero-order chi connectivity index (χ0) is 12.3. The second-order valence-corrected chi connectivity index (χ2v) is 5.92. The lowest BCUT2D eigenvalue weighted by Crippen LogP contribution is -1.96. The first kappa shape index (κ1) is 11.8. The van der Waals surface area contributed by atoms with E-state index in [0.717, 1.165) is 0 Å². The summed E-state index contributed by atoms with van der Waals surface area (Å²) in [6.07, 6.45) is 1.51. The Balaban J connectivity index is 2.54. The van der Waals surface area contributed by atoms with Crippen molar-refractivity contribution in [3.63, 3.8) is 0 Å². The molecule has 0 spiro atoms. The number of hydrogen-bond acceptors (Lipinski definition) is 2. The largest absolute Gasteiger partial charge is 0.245 e. The average Bonchev–Trinajstić information content (AvgIpc) is 2.33. The molecule has 0 saturated heterocycles. The van der Waals surface area contributed by atoms with Gasteiger partial charge in [-0.2, -0.15) is 4.36 Å². The molecule has 0 aliphatic rings. The molecule has 0 radical (unpaired) electrons. The molecule has 88 valence electrons. The van der Waals surface area contributed by atoms with Crippen LogP contribution in [0.25, 0.3) is 0 Å². The van der Waals surface area contributed by atoms with Gasteiger partial charge < -0.3 is 0 Å². The standard InChI is InChI=1S/C13H12FNOS/c1-17(16,11-7-3-2-4-8-11)15-13-10-6-5-9-12(13)14/h2-10H,1H3. The lowest BCUT2D eigenvalue weighted by Gasteiger charge is -2.04. The predicted octanol–water partition coefficient (Wildman–Crippen LogP) is 3.61. The fraction of sp³-hybridized carbons (Fsp3) is 0.0769. The van der Waals surface area contributed by atoms with E-state index in [9.17, 15) is 8.60 Å². The highest BCUT2D eigenvalue weighted by molar-refractivity contribution is 7.93. The highest BCUT2D eigenvalue weighted by atomic mass is 32.2. The predicted molar refractivity (Wildman–Crippen MR) is 67.3 cm³/mol. The van der Waals surface area contributed by atoms with Crippen LogP contribution in [0.5, 0.6) is 0 Å². The van der Waals surface area contributed by atoms with Crippen LogP contribution in [0, 0.1) is 5.82 Å². The van der Waals surface area contributed by atoms with Gasteiger partial charge in [-0.25, -0.2) is 8.60 Å². The van der Waals surface area contributed by atoms with E-state index in [1.807, 2.05) is 6.07 Å². The second-order valence-electron chi connectivity index (χ2n) is 3.66. The Bertz CT molecular complexity index is 631. The van der Waals surface area contributed by atoms with Gasteiger partial charge in [0.05, 0.1) is 9.73 Å². The summed E-state index contributed by atoms with van der Waals surface area (Å²) in [5, 5.41) is 0. The molecule has 0 bridgehead atoms.